The van der Waals surface area contributed by atoms with Crippen molar-refractivity contribution in [2.75, 3.05) is 42.0 Å². The summed E-state index contributed by atoms with van der Waals surface area (Å²) >= 11 is 0. The van der Waals surface area contributed by atoms with Crippen molar-refractivity contribution in [2.45, 2.75) is 32.4 Å². The maximum absolute atomic E-state index is 13.4. The molecule has 0 unspecified atom stereocenters. The number of benzene rings is 2. The van der Waals surface area contributed by atoms with E-state index in [-0.39, 0.29) is 24.5 Å². The van der Waals surface area contributed by atoms with Crippen molar-refractivity contribution in [3.8, 4) is 23.0 Å². The lowest BCUT2D eigenvalue weighted by molar-refractivity contribution is -0.133. The number of hydrazone groups is 1. The number of rotatable bonds is 9. The van der Waals surface area contributed by atoms with Gasteiger partial charge in [-0.05, 0) is 43.7 Å². The lowest BCUT2D eigenvalue weighted by Crippen LogP contribution is -2.45. The van der Waals surface area contributed by atoms with Gasteiger partial charge in [0, 0.05) is 31.1 Å². The maximum atomic E-state index is 13.4. The van der Waals surface area contributed by atoms with E-state index in [2.05, 4.69) is 5.32 Å². The molecule has 0 spiro atoms. The number of hydrogen-bond acceptors (Lipinski definition) is 7. The molecular formula is C26H34N4O6. The Balaban J connectivity index is 1.98. The Kier molecular flexibility index (Phi) is 8.63. The van der Waals surface area contributed by atoms with Gasteiger partial charge >= 0.3 is 6.03 Å². The Morgan fingerprint density at radius 3 is 2.31 bits per heavy atom. The van der Waals surface area contributed by atoms with Gasteiger partial charge in [0.05, 0.1) is 40.2 Å². The standard InChI is InChI=1S/C26H34N4O6/c1-16(2)27-26(32)29(3)15-25(31)30-21(17-8-11-22(34-5)24(12-17)36-7)14-20(28-30)19-10-9-18(33-4)13-23(19)35-6/h8-13,16,21H,14-15H2,1-7H3,(H,27,32)/t21-/m1/s1. The molecule has 3 amide bonds. The van der Waals surface area contributed by atoms with Gasteiger partial charge in [0.15, 0.2) is 11.5 Å². The average Bonchev–Trinajstić information content (AvgIpc) is 3.32. The van der Waals surface area contributed by atoms with Crippen molar-refractivity contribution >= 4 is 17.6 Å². The lowest BCUT2D eigenvalue weighted by atomic mass is 9.97. The minimum atomic E-state index is -0.416. The smallest absolute Gasteiger partial charge is 0.317 e. The second-order valence-electron chi connectivity index (χ2n) is 8.65. The van der Waals surface area contributed by atoms with Crippen molar-refractivity contribution in [1.82, 2.24) is 15.2 Å². The van der Waals surface area contributed by atoms with Gasteiger partial charge < -0.3 is 29.2 Å². The fourth-order valence-electron chi connectivity index (χ4n) is 3.96. The van der Waals surface area contributed by atoms with E-state index in [1.54, 1.807) is 47.6 Å². The van der Waals surface area contributed by atoms with Crippen LogP contribution in [0.1, 0.15) is 37.4 Å². The highest BCUT2D eigenvalue weighted by Crippen LogP contribution is 2.39. The number of methoxy groups -OCH3 is 4. The summed E-state index contributed by atoms with van der Waals surface area (Å²) in [4.78, 5) is 27.2. The summed E-state index contributed by atoms with van der Waals surface area (Å²) in [5.74, 6) is 2.04. The van der Waals surface area contributed by atoms with E-state index in [4.69, 9.17) is 24.0 Å². The molecule has 1 aliphatic rings. The van der Waals surface area contributed by atoms with Crippen molar-refractivity contribution in [3.05, 3.63) is 47.5 Å². The van der Waals surface area contributed by atoms with Crippen LogP contribution < -0.4 is 24.3 Å². The van der Waals surface area contributed by atoms with Gasteiger partial charge in [-0.25, -0.2) is 9.80 Å². The molecule has 0 aromatic heterocycles. The van der Waals surface area contributed by atoms with Crippen LogP contribution >= 0.6 is 0 Å². The maximum Gasteiger partial charge on any atom is 0.317 e. The van der Waals surface area contributed by atoms with E-state index >= 15 is 0 Å². The molecular weight excluding hydrogens is 464 g/mol. The molecule has 10 heteroatoms. The van der Waals surface area contributed by atoms with Crippen LogP contribution in [0.3, 0.4) is 0 Å². The van der Waals surface area contributed by atoms with Crippen molar-refractivity contribution in [1.29, 1.82) is 0 Å². The zero-order valence-corrected chi connectivity index (χ0v) is 21.8. The molecule has 2 aromatic carbocycles. The van der Waals surface area contributed by atoms with Gasteiger partial charge in [-0.3, -0.25) is 4.79 Å². The first-order valence-corrected chi connectivity index (χ1v) is 11.6. The molecule has 194 valence electrons. The molecule has 2 aromatic rings. The molecule has 0 bridgehead atoms. The van der Waals surface area contributed by atoms with Crippen LogP contribution in [0.2, 0.25) is 0 Å². The number of urea groups is 1. The van der Waals surface area contributed by atoms with E-state index in [0.29, 0.717) is 35.1 Å². The SMILES string of the molecule is COc1ccc(C2=NN(C(=O)CN(C)C(=O)NC(C)C)[C@@H](c3ccc(OC)c(OC)c3)C2)c(OC)c1. The summed E-state index contributed by atoms with van der Waals surface area (Å²) in [6, 6.07) is 10.2. The third-order valence-corrected chi connectivity index (χ3v) is 5.81. The van der Waals surface area contributed by atoms with Crippen molar-refractivity contribution in [3.63, 3.8) is 0 Å². The molecule has 1 N–H and O–H groups in total. The Morgan fingerprint density at radius 1 is 1.00 bits per heavy atom. The van der Waals surface area contributed by atoms with Crippen LogP contribution in [0, 0.1) is 0 Å². The Labute approximate surface area is 211 Å². The molecule has 36 heavy (non-hydrogen) atoms. The van der Waals surface area contributed by atoms with E-state index in [1.165, 1.54) is 9.91 Å². The van der Waals surface area contributed by atoms with Gasteiger partial charge in [-0.2, -0.15) is 5.10 Å². The monoisotopic (exact) mass is 498 g/mol. The highest BCUT2D eigenvalue weighted by Gasteiger charge is 2.35. The first-order valence-electron chi connectivity index (χ1n) is 11.6. The minimum Gasteiger partial charge on any atom is -0.497 e. The molecule has 3 rings (SSSR count). The number of carbonyl (C=O) groups excluding carboxylic acids is 2. The molecule has 1 atom stereocenters. The number of amides is 3. The molecule has 0 aliphatic carbocycles. The normalized spacial score (nSPS) is 14.8. The number of hydrogen-bond donors (Lipinski definition) is 1. The van der Waals surface area contributed by atoms with E-state index in [9.17, 15) is 9.59 Å². The summed E-state index contributed by atoms with van der Waals surface area (Å²) in [5, 5.41) is 8.92. The predicted octanol–water partition coefficient (Wildman–Crippen LogP) is 3.45. The molecule has 0 saturated carbocycles. The molecule has 0 saturated heterocycles. The fraction of sp³-hybridized carbons (Fsp3) is 0.423. The summed E-state index contributed by atoms with van der Waals surface area (Å²) in [5.41, 5.74) is 2.25. The van der Waals surface area contributed by atoms with E-state index in [1.807, 2.05) is 38.1 Å². The number of nitrogens with zero attached hydrogens (tertiary/aromatic N) is 3. The predicted molar refractivity (Wildman–Crippen MR) is 136 cm³/mol. The first kappa shape index (κ1) is 26.7. The minimum absolute atomic E-state index is 0.0477. The van der Waals surface area contributed by atoms with Crippen LogP contribution in [0.5, 0.6) is 23.0 Å². The van der Waals surface area contributed by atoms with E-state index in [0.717, 1.165) is 11.1 Å². The van der Waals surface area contributed by atoms with Gasteiger partial charge in [0.2, 0.25) is 0 Å². The van der Waals surface area contributed by atoms with Gasteiger partial charge in [-0.15, -0.1) is 0 Å². The third kappa shape index (κ3) is 5.81. The zero-order chi connectivity index (χ0) is 26.4. The zero-order valence-electron chi connectivity index (χ0n) is 21.8. The number of carbonyl (C=O) groups is 2. The van der Waals surface area contributed by atoms with Crippen molar-refractivity contribution in [2.24, 2.45) is 5.10 Å². The van der Waals surface area contributed by atoms with E-state index < -0.39 is 6.04 Å². The highest BCUT2D eigenvalue weighted by molar-refractivity contribution is 6.05. The largest absolute Gasteiger partial charge is 0.497 e. The number of nitrogens with one attached hydrogen (secondary N) is 1. The topological polar surface area (TPSA) is 102 Å². The molecule has 10 nitrogen and oxygen atoms in total. The summed E-state index contributed by atoms with van der Waals surface area (Å²) in [6.45, 7) is 3.58. The third-order valence-electron chi connectivity index (χ3n) is 5.81. The van der Waals surface area contributed by atoms with Crippen LogP contribution in [-0.4, -0.2) is 75.6 Å². The van der Waals surface area contributed by atoms with Crippen LogP contribution in [-0.2, 0) is 4.79 Å². The molecule has 1 aliphatic heterocycles. The summed E-state index contributed by atoms with van der Waals surface area (Å²) < 4.78 is 21.7. The van der Waals surface area contributed by atoms with Gasteiger partial charge in [-0.1, -0.05) is 6.07 Å². The second kappa shape index (κ2) is 11.7. The molecule has 1 heterocycles. The van der Waals surface area contributed by atoms with Crippen molar-refractivity contribution < 1.29 is 28.5 Å². The second-order valence-corrected chi connectivity index (χ2v) is 8.65. The quantitative estimate of drug-likeness (QED) is 0.568. The number of likely N-dealkylation sites (N-methyl/N-ethyl adjacent to an activating group) is 1. The molecule has 0 radical (unpaired) electrons. The molecule has 0 fully saturated rings. The Hall–Kier alpha value is -3.95. The Morgan fingerprint density at radius 2 is 1.69 bits per heavy atom. The Bertz CT molecular complexity index is 1130. The fourth-order valence-corrected chi connectivity index (χ4v) is 3.96. The lowest BCUT2D eigenvalue weighted by Gasteiger charge is -2.26. The van der Waals surface area contributed by atoms with Gasteiger partial charge in [0.1, 0.15) is 18.0 Å². The summed E-state index contributed by atoms with van der Waals surface area (Å²) in [7, 11) is 7.86. The first-order chi connectivity index (χ1) is 17.2. The van der Waals surface area contributed by atoms with Gasteiger partial charge in [0.25, 0.3) is 5.91 Å². The van der Waals surface area contributed by atoms with Crippen LogP contribution in [0.4, 0.5) is 4.79 Å². The van der Waals surface area contributed by atoms with Crippen LogP contribution in [0.25, 0.3) is 0 Å². The van der Waals surface area contributed by atoms with Crippen LogP contribution in [0.15, 0.2) is 41.5 Å². The summed E-state index contributed by atoms with van der Waals surface area (Å²) in [6.07, 6.45) is 0.436. The average molecular weight is 499 g/mol. The highest BCUT2D eigenvalue weighted by atomic mass is 16.5. The number of ether oxygens (including phenoxy) is 4.